The number of rotatable bonds is 3. The molecule has 1 amide bonds. The number of benzene rings is 1. The molecule has 3 nitrogen and oxygen atoms in total. The number of halogens is 2. The number of amides is 1. The Hall–Kier alpha value is -0.930. The molecule has 17 heavy (non-hydrogen) atoms. The van der Waals surface area contributed by atoms with E-state index in [0.717, 1.165) is 11.1 Å². The Morgan fingerprint density at radius 1 is 1.35 bits per heavy atom. The van der Waals surface area contributed by atoms with Gasteiger partial charge in [0, 0.05) is 5.69 Å². The van der Waals surface area contributed by atoms with E-state index in [1.54, 1.807) is 19.1 Å². The number of anilines is 1. The van der Waals surface area contributed by atoms with Crippen LogP contribution in [0.3, 0.4) is 0 Å². The van der Waals surface area contributed by atoms with Gasteiger partial charge in [0.15, 0.2) is 4.84 Å². The summed E-state index contributed by atoms with van der Waals surface area (Å²) in [6, 6.07) is 3.35. The van der Waals surface area contributed by atoms with E-state index in [-0.39, 0.29) is 11.7 Å². The molecule has 1 aromatic rings. The van der Waals surface area contributed by atoms with Crippen molar-refractivity contribution in [3.63, 3.8) is 0 Å². The van der Waals surface area contributed by atoms with Crippen molar-refractivity contribution in [2.45, 2.75) is 31.5 Å². The Morgan fingerprint density at radius 3 is 2.41 bits per heavy atom. The smallest absolute Gasteiger partial charge is 0.257 e. The second-order valence-corrected chi connectivity index (χ2v) is 5.27. The van der Waals surface area contributed by atoms with Crippen LogP contribution in [-0.4, -0.2) is 15.8 Å². The highest BCUT2D eigenvalue weighted by atomic mass is 35.5. The van der Waals surface area contributed by atoms with Gasteiger partial charge < -0.3 is 10.4 Å². The molecule has 0 saturated carbocycles. The summed E-state index contributed by atoms with van der Waals surface area (Å²) < 4.78 is 0. The summed E-state index contributed by atoms with van der Waals surface area (Å²) in [7, 11) is 0. The van der Waals surface area contributed by atoms with Crippen LogP contribution in [0.25, 0.3) is 0 Å². The van der Waals surface area contributed by atoms with Gasteiger partial charge in [-0.05, 0) is 36.1 Å². The van der Waals surface area contributed by atoms with E-state index in [9.17, 15) is 9.90 Å². The first-order chi connectivity index (χ1) is 7.82. The summed E-state index contributed by atoms with van der Waals surface area (Å²) in [5, 5.41) is 12.4. The fraction of sp³-hybridized carbons (Fsp3) is 0.417. The second kappa shape index (κ2) is 5.61. The van der Waals surface area contributed by atoms with Crippen LogP contribution < -0.4 is 5.32 Å². The SMILES string of the molecule is Cc1cc(O)c(C(C)C)cc1NC(=O)C(Cl)Cl. The summed E-state index contributed by atoms with van der Waals surface area (Å²) in [6.07, 6.45) is 0. The topological polar surface area (TPSA) is 49.3 Å². The van der Waals surface area contributed by atoms with Gasteiger partial charge in [-0.1, -0.05) is 37.0 Å². The molecule has 2 N–H and O–H groups in total. The monoisotopic (exact) mass is 275 g/mol. The Kier molecular flexibility index (Phi) is 4.66. The van der Waals surface area contributed by atoms with Gasteiger partial charge in [-0.2, -0.15) is 0 Å². The van der Waals surface area contributed by atoms with Gasteiger partial charge in [0.25, 0.3) is 5.91 Å². The first-order valence-electron chi connectivity index (χ1n) is 5.25. The highest BCUT2D eigenvalue weighted by Gasteiger charge is 2.15. The molecule has 0 saturated heterocycles. The molecule has 0 bridgehead atoms. The molecule has 0 atom stereocenters. The predicted octanol–water partition coefficient (Wildman–Crippen LogP) is 3.57. The van der Waals surface area contributed by atoms with Gasteiger partial charge >= 0.3 is 0 Å². The first kappa shape index (κ1) is 14.1. The molecule has 0 aliphatic heterocycles. The zero-order chi connectivity index (χ0) is 13.2. The van der Waals surface area contributed by atoms with Crippen molar-refractivity contribution in [1.82, 2.24) is 0 Å². The number of hydrogen-bond donors (Lipinski definition) is 2. The number of phenols is 1. The van der Waals surface area contributed by atoms with Crippen LogP contribution in [0.1, 0.15) is 30.9 Å². The van der Waals surface area contributed by atoms with Crippen molar-refractivity contribution in [3.8, 4) is 5.75 Å². The van der Waals surface area contributed by atoms with Crippen LogP contribution in [0.4, 0.5) is 5.69 Å². The standard InChI is InChI=1S/C12H15Cl2NO2/c1-6(2)8-5-9(7(3)4-10(8)16)15-12(17)11(13)14/h4-6,11,16H,1-3H3,(H,15,17). The normalized spacial score (nSPS) is 11.0. The minimum Gasteiger partial charge on any atom is -0.508 e. The molecule has 0 radical (unpaired) electrons. The molecule has 0 spiro atoms. The lowest BCUT2D eigenvalue weighted by Crippen LogP contribution is -2.19. The van der Waals surface area contributed by atoms with E-state index in [1.165, 1.54) is 0 Å². The van der Waals surface area contributed by atoms with Crippen LogP contribution in [0.2, 0.25) is 0 Å². The van der Waals surface area contributed by atoms with Crippen LogP contribution in [-0.2, 0) is 4.79 Å². The second-order valence-electron chi connectivity index (χ2n) is 4.17. The fourth-order valence-corrected chi connectivity index (χ4v) is 1.60. The number of alkyl halides is 2. The summed E-state index contributed by atoms with van der Waals surface area (Å²) in [4.78, 5) is 10.3. The molecule has 0 aromatic heterocycles. The number of hydrogen-bond acceptors (Lipinski definition) is 2. The van der Waals surface area contributed by atoms with Crippen molar-refractivity contribution in [2.75, 3.05) is 5.32 Å². The van der Waals surface area contributed by atoms with Crippen molar-refractivity contribution in [2.24, 2.45) is 0 Å². The van der Waals surface area contributed by atoms with E-state index < -0.39 is 10.7 Å². The number of phenolic OH excluding ortho intramolecular Hbond substituents is 1. The Morgan fingerprint density at radius 2 is 1.94 bits per heavy atom. The quantitative estimate of drug-likeness (QED) is 0.655. The van der Waals surface area contributed by atoms with E-state index in [0.29, 0.717) is 5.69 Å². The summed E-state index contributed by atoms with van der Waals surface area (Å²) >= 11 is 10.9. The molecular weight excluding hydrogens is 261 g/mol. The number of nitrogens with one attached hydrogen (secondary N) is 1. The van der Waals surface area contributed by atoms with E-state index in [2.05, 4.69) is 5.32 Å². The first-order valence-corrected chi connectivity index (χ1v) is 6.12. The third-order valence-corrected chi connectivity index (χ3v) is 2.85. The molecule has 94 valence electrons. The Balaban J connectivity index is 3.08. The van der Waals surface area contributed by atoms with Crippen molar-refractivity contribution < 1.29 is 9.90 Å². The number of aromatic hydroxyl groups is 1. The lowest BCUT2D eigenvalue weighted by Gasteiger charge is -2.14. The van der Waals surface area contributed by atoms with E-state index in [1.807, 2.05) is 13.8 Å². The molecule has 1 rings (SSSR count). The predicted molar refractivity (Wildman–Crippen MR) is 71.1 cm³/mol. The van der Waals surface area contributed by atoms with Gasteiger partial charge in [-0.15, -0.1) is 0 Å². The van der Waals surface area contributed by atoms with Gasteiger partial charge in [0.1, 0.15) is 5.75 Å². The Labute approximate surface area is 111 Å². The van der Waals surface area contributed by atoms with Crippen LogP contribution >= 0.6 is 23.2 Å². The number of carbonyl (C=O) groups is 1. The molecule has 1 aromatic carbocycles. The average Bonchev–Trinajstić information content (AvgIpc) is 2.21. The average molecular weight is 276 g/mol. The maximum atomic E-state index is 11.4. The highest BCUT2D eigenvalue weighted by molar-refractivity contribution is 6.54. The van der Waals surface area contributed by atoms with Crippen LogP contribution in [0.15, 0.2) is 12.1 Å². The summed E-state index contributed by atoms with van der Waals surface area (Å²) in [6.45, 7) is 5.71. The fourth-order valence-electron chi connectivity index (χ4n) is 1.49. The molecule has 0 fully saturated rings. The van der Waals surface area contributed by atoms with Crippen LogP contribution in [0.5, 0.6) is 5.75 Å². The maximum absolute atomic E-state index is 11.4. The number of carbonyl (C=O) groups excluding carboxylic acids is 1. The Bertz CT molecular complexity index is 431. The summed E-state index contributed by atoms with van der Waals surface area (Å²) in [5.74, 6) is -0.0883. The molecule has 0 aliphatic carbocycles. The molecule has 0 heterocycles. The molecule has 0 unspecified atom stereocenters. The third-order valence-electron chi connectivity index (χ3n) is 2.45. The molecule has 0 aliphatic rings. The molecular formula is C12H15Cl2NO2. The maximum Gasteiger partial charge on any atom is 0.257 e. The van der Waals surface area contributed by atoms with Crippen LogP contribution in [0, 0.1) is 6.92 Å². The lowest BCUT2D eigenvalue weighted by molar-refractivity contribution is -0.114. The van der Waals surface area contributed by atoms with E-state index in [4.69, 9.17) is 23.2 Å². The summed E-state index contributed by atoms with van der Waals surface area (Å²) in [5.41, 5.74) is 2.14. The van der Waals surface area contributed by atoms with Crippen molar-refractivity contribution in [3.05, 3.63) is 23.3 Å². The van der Waals surface area contributed by atoms with Gasteiger partial charge in [0.05, 0.1) is 0 Å². The third kappa shape index (κ3) is 3.51. The minimum atomic E-state index is -1.11. The number of aryl methyl sites for hydroxylation is 1. The highest BCUT2D eigenvalue weighted by Crippen LogP contribution is 2.31. The largest absolute Gasteiger partial charge is 0.508 e. The van der Waals surface area contributed by atoms with Gasteiger partial charge in [-0.3, -0.25) is 4.79 Å². The zero-order valence-corrected chi connectivity index (χ0v) is 11.4. The lowest BCUT2D eigenvalue weighted by atomic mass is 9.99. The van der Waals surface area contributed by atoms with Gasteiger partial charge in [0.2, 0.25) is 0 Å². The van der Waals surface area contributed by atoms with Crippen molar-refractivity contribution >= 4 is 34.8 Å². The van der Waals surface area contributed by atoms with E-state index >= 15 is 0 Å². The van der Waals surface area contributed by atoms with Gasteiger partial charge in [-0.25, -0.2) is 0 Å². The van der Waals surface area contributed by atoms with Crippen molar-refractivity contribution in [1.29, 1.82) is 0 Å². The molecule has 5 heteroatoms. The minimum absolute atomic E-state index is 0.161. The zero-order valence-electron chi connectivity index (χ0n) is 9.92.